The molecule has 2 saturated heterocycles. The number of rotatable bonds is 7. The normalized spacial score (nSPS) is 18.2. The van der Waals surface area contributed by atoms with Crippen molar-refractivity contribution in [3.8, 4) is 0 Å². The number of aromatic nitrogens is 3. The third kappa shape index (κ3) is 5.88. The van der Waals surface area contributed by atoms with Gasteiger partial charge in [-0.05, 0) is 42.7 Å². The molecule has 5 rings (SSSR count). The molecule has 0 bridgehead atoms. The van der Waals surface area contributed by atoms with Crippen LogP contribution in [0, 0.1) is 11.7 Å². The summed E-state index contributed by atoms with van der Waals surface area (Å²) in [4.78, 5) is 16.7. The van der Waals surface area contributed by atoms with Crippen molar-refractivity contribution in [1.82, 2.24) is 15.0 Å². The molecule has 1 N–H and O–H groups in total. The quantitative estimate of drug-likeness (QED) is 0.427. The Balaban J connectivity index is 1.17. The van der Waals surface area contributed by atoms with E-state index in [4.69, 9.17) is 16.3 Å². The second-order valence-electron chi connectivity index (χ2n) is 9.01. The Morgan fingerprint density at radius 3 is 2.64 bits per heavy atom. The Bertz CT molecular complexity index is 1220. The Morgan fingerprint density at radius 1 is 1.08 bits per heavy atom. The van der Waals surface area contributed by atoms with Crippen LogP contribution in [-0.2, 0) is 11.3 Å². The molecule has 188 valence electrons. The van der Waals surface area contributed by atoms with E-state index in [1.807, 2.05) is 29.2 Å². The summed E-state index contributed by atoms with van der Waals surface area (Å²) in [6, 6.07) is 9.82. The number of anilines is 4. The molecule has 36 heavy (non-hydrogen) atoms. The molecule has 0 amide bonds. The van der Waals surface area contributed by atoms with Gasteiger partial charge in [0.1, 0.15) is 6.54 Å². The summed E-state index contributed by atoms with van der Waals surface area (Å²) in [5.74, 6) is 0.541. The first-order chi connectivity index (χ1) is 17.5. The van der Waals surface area contributed by atoms with Crippen molar-refractivity contribution in [3.63, 3.8) is 0 Å². The summed E-state index contributed by atoms with van der Waals surface area (Å²) in [7, 11) is 0. The number of pyridine rings is 1. The molecule has 2 aliphatic heterocycles. The molecule has 1 unspecified atom stereocenters. The van der Waals surface area contributed by atoms with Crippen LogP contribution in [0.15, 0.2) is 53.0 Å². The number of nitrogens with one attached hydrogen (secondary N) is 1. The van der Waals surface area contributed by atoms with Crippen LogP contribution in [0.4, 0.5) is 33.2 Å². The highest BCUT2D eigenvalue weighted by Crippen LogP contribution is 2.33. The molecule has 9 nitrogen and oxygen atoms in total. The highest BCUT2D eigenvalue weighted by molar-refractivity contribution is 6.33. The van der Waals surface area contributed by atoms with E-state index < -0.39 is 5.82 Å². The maximum Gasteiger partial charge on any atom is 0.270 e. The van der Waals surface area contributed by atoms with E-state index in [1.165, 1.54) is 6.42 Å². The molecule has 0 spiro atoms. The Hall–Kier alpha value is -3.37. The van der Waals surface area contributed by atoms with Crippen LogP contribution in [-0.4, -0.2) is 54.3 Å². The van der Waals surface area contributed by atoms with E-state index in [1.54, 1.807) is 6.20 Å². The largest absolute Gasteiger partial charge is 0.378 e. The highest BCUT2D eigenvalue weighted by atomic mass is 35.5. The van der Waals surface area contributed by atoms with E-state index in [9.17, 15) is 4.39 Å². The van der Waals surface area contributed by atoms with Gasteiger partial charge in [0.15, 0.2) is 11.6 Å². The first-order valence-corrected chi connectivity index (χ1v) is 12.4. The summed E-state index contributed by atoms with van der Waals surface area (Å²) in [5, 5.41) is 12.3. The molecule has 2 aliphatic rings. The number of ether oxygens (including phenoxy) is 1. The van der Waals surface area contributed by atoms with Gasteiger partial charge >= 0.3 is 0 Å². The zero-order valence-electron chi connectivity index (χ0n) is 20.1. The van der Waals surface area contributed by atoms with Crippen LogP contribution in [0.5, 0.6) is 0 Å². The lowest BCUT2D eigenvalue weighted by atomic mass is 10.2. The van der Waals surface area contributed by atoms with Crippen LogP contribution in [0.25, 0.3) is 0 Å². The summed E-state index contributed by atoms with van der Waals surface area (Å²) in [5.41, 5.74) is 3.55. The molecule has 2 fully saturated rings. The number of hydrogen-bond acceptors (Lipinski definition) is 9. The number of hydrogen-bond donors (Lipinski definition) is 1. The molecule has 0 saturated carbocycles. The average molecular weight is 511 g/mol. The van der Waals surface area contributed by atoms with Crippen LogP contribution in [0.2, 0.25) is 5.02 Å². The van der Waals surface area contributed by atoms with Crippen molar-refractivity contribution in [2.75, 3.05) is 54.5 Å². The molecule has 3 aromatic rings. The van der Waals surface area contributed by atoms with Gasteiger partial charge in [-0.15, -0.1) is 5.11 Å². The standard InChI is InChI=1S/C25H28ClFN8O/c1-17-6-7-35(16-17)23-5-4-18(12-21(23)26)31-20-3-2-19(28-13-20)14-30-33-25-29-15-22(27)24(32-25)34-8-10-36-11-9-34/h2-5,12-13,15,17,31H,6-11,14,16H2,1H3. The van der Waals surface area contributed by atoms with Gasteiger partial charge in [-0.25, -0.2) is 9.37 Å². The van der Waals surface area contributed by atoms with Gasteiger partial charge in [-0.3, -0.25) is 4.98 Å². The van der Waals surface area contributed by atoms with Gasteiger partial charge < -0.3 is 19.9 Å². The Morgan fingerprint density at radius 2 is 1.92 bits per heavy atom. The van der Waals surface area contributed by atoms with Crippen molar-refractivity contribution in [2.45, 2.75) is 19.9 Å². The molecule has 1 aromatic carbocycles. The van der Waals surface area contributed by atoms with E-state index >= 15 is 0 Å². The van der Waals surface area contributed by atoms with Gasteiger partial charge in [-0.1, -0.05) is 18.5 Å². The summed E-state index contributed by atoms with van der Waals surface area (Å²) < 4.78 is 19.5. The third-order valence-corrected chi connectivity index (χ3v) is 6.54. The molecule has 11 heteroatoms. The number of azo groups is 1. The van der Waals surface area contributed by atoms with Crippen LogP contribution >= 0.6 is 11.6 Å². The summed E-state index contributed by atoms with van der Waals surface area (Å²) in [6.07, 6.45) is 4.05. The maximum atomic E-state index is 14.2. The topological polar surface area (TPSA) is 91.1 Å². The van der Waals surface area contributed by atoms with Gasteiger partial charge in [0.05, 0.1) is 47.7 Å². The number of morpholine rings is 1. The lowest BCUT2D eigenvalue weighted by Crippen LogP contribution is -2.37. The lowest BCUT2D eigenvalue weighted by molar-refractivity contribution is 0.122. The van der Waals surface area contributed by atoms with E-state index in [2.05, 4.69) is 48.4 Å². The number of nitrogens with zero attached hydrogens (tertiary/aromatic N) is 7. The fraction of sp³-hybridized carbons (Fsp3) is 0.400. The minimum atomic E-state index is -0.484. The highest BCUT2D eigenvalue weighted by Gasteiger charge is 2.21. The molecule has 0 radical (unpaired) electrons. The fourth-order valence-corrected chi connectivity index (χ4v) is 4.62. The fourth-order valence-electron chi connectivity index (χ4n) is 4.32. The predicted octanol–water partition coefficient (Wildman–Crippen LogP) is 5.37. The molecular formula is C25H28ClFN8O. The van der Waals surface area contributed by atoms with Crippen LogP contribution in [0.3, 0.4) is 0 Å². The minimum Gasteiger partial charge on any atom is -0.378 e. The zero-order valence-corrected chi connectivity index (χ0v) is 20.8. The molecular weight excluding hydrogens is 483 g/mol. The second-order valence-corrected chi connectivity index (χ2v) is 9.42. The first kappa shape index (κ1) is 24.3. The number of halogens is 2. The van der Waals surface area contributed by atoms with Gasteiger partial charge in [0.25, 0.3) is 5.95 Å². The molecule has 0 aliphatic carbocycles. The van der Waals surface area contributed by atoms with Gasteiger partial charge in [0, 0.05) is 31.9 Å². The summed E-state index contributed by atoms with van der Waals surface area (Å²) in [6.45, 7) is 6.81. The van der Waals surface area contributed by atoms with Crippen molar-refractivity contribution in [1.29, 1.82) is 0 Å². The Labute approximate surface area is 214 Å². The van der Waals surface area contributed by atoms with Crippen molar-refractivity contribution >= 4 is 40.4 Å². The molecule has 4 heterocycles. The van der Waals surface area contributed by atoms with Crippen LogP contribution < -0.4 is 15.1 Å². The predicted molar refractivity (Wildman–Crippen MR) is 138 cm³/mol. The lowest BCUT2D eigenvalue weighted by Gasteiger charge is -2.27. The van der Waals surface area contributed by atoms with E-state index in [0.29, 0.717) is 32.2 Å². The van der Waals surface area contributed by atoms with Crippen LogP contribution in [0.1, 0.15) is 19.0 Å². The SMILES string of the molecule is CC1CCN(c2ccc(Nc3ccc(CN=Nc4ncc(F)c(N5CCOCC5)n4)nc3)cc2Cl)C1. The van der Waals surface area contributed by atoms with E-state index in [0.717, 1.165) is 47.1 Å². The molecule has 2 aromatic heterocycles. The maximum absolute atomic E-state index is 14.2. The van der Waals surface area contributed by atoms with Crippen molar-refractivity contribution in [2.24, 2.45) is 16.1 Å². The van der Waals surface area contributed by atoms with Crippen molar-refractivity contribution < 1.29 is 9.13 Å². The van der Waals surface area contributed by atoms with E-state index in [-0.39, 0.29) is 18.3 Å². The molecule has 1 atom stereocenters. The Kier molecular flexibility index (Phi) is 7.52. The zero-order chi connectivity index (χ0) is 24.9. The van der Waals surface area contributed by atoms with Crippen molar-refractivity contribution in [3.05, 3.63) is 59.3 Å². The van der Waals surface area contributed by atoms with Gasteiger partial charge in [-0.2, -0.15) is 10.1 Å². The number of benzene rings is 1. The minimum absolute atomic E-state index is 0.111. The van der Waals surface area contributed by atoms with Gasteiger partial charge in [0.2, 0.25) is 0 Å². The average Bonchev–Trinajstić information content (AvgIpc) is 3.32. The monoisotopic (exact) mass is 510 g/mol. The summed E-state index contributed by atoms with van der Waals surface area (Å²) >= 11 is 6.56. The third-order valence-electron chi connectivity index (χ3n) is 6.24. The smallest absolute Gasteiger partial charge is 0.270 e. The second kappa shape index (κ2) is 11.1. The first-order valence-electron chi connectivity index (χ1n) is 12.0.